The van der Waals surface area contributed by atoms with Crippen LogP contribution in [0, 0.1) is 17.2 Å². The van der Waals surface area contributed by atoms with Crippen molar-refractivity contribution in [1.29, 1.82) is 5.26 Å². The second kappa shape index (κ2) is 12.2. The number of anilines is 1. The molecule has 1 heterocycles. The minimum Gasteiger partial charge on any atom is -0.456 e. The van der Waals surface area contributed by atoms with Crippen LogP contribution in [-0.4, -0.2) is 37.3 Å². The highest BCUT2D eigenvalue weighted by atomic mass is 16.3. The highest BCUT2D eigenvalue weighted by molar-refractivity contribution is 6.04. The SMILES string of the molecule is CCCN(CCC)c1ccc2cc(-c3ccc(/C(C)=C(\C#N)C(=O)NCC(C)CO)o3)ccc2c1. The first-order valence-electron chi connectivity index (χ1n) is 12.3. The Morgan fingerprint density at radius 1 is 1.09 bits per heavy atom. The topological polar surface area (TPSA) is 89.5 Å². The van der Waals surface area contributed by atoms with Gasteiger partial charge in [0.1, 0.15) is 23.2 Å². The number of furan rings is 1. The average molecular weight is 474 g/mol. The first-order chi connectivity index (χ1) is 16.9. The Morgan fingerprint density at radius 2 is 1.77 bits per heavy atom. The number of aliphatic hydroxyl groups is 1. The molecule has 0 saturated heterocycles. The molecular weight excluding hydrogens is 438 g/mol. The van der Waals surface area contributed by atoms with Gasteiger partial charge < -0.3 is 19.7 Å². The van der Waals surface area contributed by atoms with Gasteiger partial charge in [0.05, 0.1) is 0 Å². The molecular formula is C29H35N3O3. The Bertz CT molecular complexity index is 1230. The van der Waals surface area contributed by atoms with Crippen LogP contribution in [0.4, 0.5) is 5.69 Å². The predicted molar refractivity (Wildman–Crippen MR) is 142 cm³/mol. The fourth-order valence-electron chi connectivity index (χ4n) is 4.04. The summed E-state index contributed by atoms with van der Waals surface area (Å²) in [6.07, 6.45) is 2.23. The Kier molecular flexibility index (Phi) is 9.11. The van der Waals surface area contributed by atoms with Crippen molar-refractivity contribution in [1.82, 2.24) is 5.32 Å². The van der Waals surface area contributed by atoms with Crippen molar-refractivity contribution < 1.29 is 14.3 Å². The quantitative estimate of drug-likeness (QED) is 0.273. The maximum atomic E-state index is 12.5. The summed E-state index contributed by atoms with van der Waals surface area (Å²) < 4.78 is 6.05. The van der Waals surface area contributed by atoms with Crippen molar-refractivity contribution >= 4 is 27.9 Å². The molecule has 1 unspecified atom stereocenters. The fraction of sp³-hybridized carbons (Fsp3) is 0.379. The van der Waals surface area contributed by atoms with Crippen LogP contribution in [0.2, 0.25) is 0 Å². The van der Waals surface area contributed by atoms with E-state index in [-0.39, 0.29) is 18.1 Å². The van der Waals surface area contributed by atoms with Gasteiger partial charge in [0.25, 0.3) is 5.91 Å². The second-order valence-corrected chi connectivity index (χ2v) is 9.01. The molecule has 1 atom stereocenters. The molecule has 0 aliphatic rings. The summed E-state index contributed by atoms with van der Waals surface area (Å²) in [5, 5.41) is 23.7. The Balaban J connectivity index is 1.85. The zero-order valence-electron chi connectivity index (χ0n) is 21.1. The van der Waals surface area contributed by atoms with Gasteiger partial charge in [0.2, 0.25) is 0 Å². The van der Waals surface area contributed by atoms with Crippen molar-refractivity contribution in [3.8, 4) is 17.4 Å². The smallest absolute Gasteiger partial charge is 0.262 e. The van der Waals surface area contributed by atoms with E-state index in [1.807, 2.05) is 25.1 Å². The molecule has 0 fully saturated rings. The lowest BCUT2D eigenvalue weighted by Crippen LogP contribution is -2.30. The largest absolute Gasteiger partial charge is 0.456 e. The van der Waals surface area contributed by atoms with Gasteiger partial charge in [-0.1, -0.05) is 39.0 Å². The number of hydrogen-bond acceptors (Lipinski definition) is 5. The van der Waals surface area contributed by atoms with Crippen LogP contribution in [0.25, 0.3) is 27.7 Å². The molecule has 0 aliphatic carbocycles. The molecule has 2 aromatic carbocycles. The molecule has 1 aromatic heterocycles. The number of nitrogens with one attached hydrogen (secondary N) is 1. The van der Waals surface area contributed by atoms with E-state index in [1.165, 1.54) is 11.1 Å². The first kappa shape index (κ1) is 26.1. The summed E-state index contributed by atoms with van der Waals surface area (Å²) >= 11 is 0. The zero-order chi connectivity index (χ0) is 25.4. The first-order valence-corrected chi connectivity index (χ1v) is 12.3. The normalized spacial score (nSPS) is 12.7. The summed E-state index contributed by atoms with van der Waals surface area (Å²) in [7, 11) is 0. The standard InChI is InChI=1S/C29H35N3O3/c1-5-13-32(14-6-2)25-10-9-22-15-24(8-7-23(22)16-25)28-12-11-27(35-28)21(4)26(17-30)29(34)31-18-20(3)19-33/h7-12,15-16,20,33H,5-6,13-14,18-19H2,1-4H3,(H,31,34)/b26-21+. The minimum absolute atomic E-state index is 0.00536. The summed E-state index contributed by atoms with van der Waals surface area (Å²) in [6, 6.07) is 18.4. The Morgan fingerprint density at radius 3 is 2.43 bits per heavy atom. The highest BCUT2D eigenvalue weighted by Crippen LogP contribution is 2.31. The zero-order valence-corrected chi connectivity index (χ0v) is 21.1. The second-order valence-electron chi connectivity index (χ2n) is 9.01. The average Bonchev–Trinajstić information content (AvgIpc) is 3.37. The Hall–Kier alpha value is -3.56. The number of amides is 1. The van der Waals surface area contributed by atoms with E-state index in [0.29, 0.717) is 23.6 Å². The lowest BCUT2D eigenvalue weighted by Gasteiger charge is -2.24. The molecule has 35 heavy (non-hydrogen) atoms. The monoisotopic (exact) mass is 473 g/mol. The number of aliphatic hydroxyl groups excluding tert-OH is 1. The number of fused-ring (bicyclic) bond motifs is 1. The van der Waals surface area contributed by atoms with Gasteiger partial charge in [-0.25, -0.2) is 0 Å². The van der Waals surface area contributed by atoms with Gasteiger partial charge in [0, 0.05) is 43.1 Å². The van der Waals surface area contributed by atoms with Gasteiger partial charge in [-0.2, -0.15) is 5.26 Å². The molecule has 0 aliphatic heterocycles. The van der Waals surface area contributed by atoms with Crippen LogP contribution in [0.5, 0.6) is 0 Å². The molecule has 0 bridgehead atoms. The summed E-state index contributed by atoms with van der Waals surface area (Å²) in [6.45, 7) is 10.3. The van der Waals surface area contributed by atoms with Crippen LogP contribution in [-0.2, 0) is 4.79 Å². The number of carbonyl (C=O) groups is 1. The lowest BCUT2D eigenvalue weighted by molar-refractivity contribution is -0.117. The van der Waals surface area contributed by atoms with Gasteiger partial charge in [-0.3, -0.25) is 4.79 Å². The summed E-state index contributed by atoms with van der Waals surface area (Å²) in [4.78, 5) is 14.9. The summed E-state index contributed by atoms with van der Waals surface area (Å²) in [5.74, 6) is 0.604. The van der Waals surface area contributed by atoms with Gasteiger partial charge in [0.15, 0.2) is 0 Å². The number of hydrogen-bond donors (Lipinski definition) is 2. The van der Waals surface area contributed by atoms with E-state index >= 15 is 0 Å². The maximum Gasteiger partial charge on any atom is 0.262 e. The van der Waals surface area contributed by atoms with Crippen molar-refractivity contribution in [3.05, 3.63) is 59.9 Å². The van der Waals surface area contributed by atoms with E-state index < -0.39 is 5.91 Å². The van der Waals surface area contributed by atoms with Crippen LogP contribution < -0.4 is 10.2 Å². The molecule has 184 valence electrons. The van der Waals surface area contributed by atoms with E-state index in [9.17, 15) is 10.1 Å². The molecule has 3 aromatic rings. The number of nitriles is 1. The maximum absolute atomic E-state index is 12.5. The van der Waals surface area contributed by atoms with E-state index in [1.54, 1.807) is 13.0 Å². The number of rotatable bonds is 11. The predicted octanol–water partition coefficient (Wildman–Crippen LogP) is 5.77. The van der Waals surface area contributed by atoms with E-state index in [2.05, 4.69) is 54.4 Å². The highest BCUT2D eigenvalue weighted by Gasteiger charge is 2.17. The molecule has 0 radical (unpaired) electrons. The van der Waals surface area contributed by atoms with Crippen molar-refractivity contribution in [2.24, 2.45) is 5.92 Å². The van der Waals surface area contributed by atoms with Crippen molar-refractivity contribution in [2.45, 2.75) is 40.5 Å². The number of nitrogens with zero attached hydrogens (tertiary/aromatic N) is 2. The van der Waals surface area contributed by atoms with E-state index in [4.69, 9.17) is 9.52 Å². The molecule has 0 spiro atoms. The van der Waals surface area contributed by atoms with Crippen LogP contribution >= 0.6 is 0 Å². The fourth-order valence-corrected chi connectivity index (χ4v) is 4.04. The third-order valence-electron chi connectivity index (χ3n) is 6.07. The molecule has 6 nitrogen and oxygen atoms in total. The van der Waals surface area contributed by atoms with Crippen LogP contribution in [0.15, 0.2) is 58.5 Å². The van der Waals surface area contributed by atoms with Crippen molar-refractivity contribution in [2.75, 3.05) is 31.1 Å². The van der Waals surface area contributed by atoms with Gasteiger partial charge in [-0.15, -0.1) is 0 Å². The number of carbonyl (C=O) groups excluding carboxylic acids is 1. The Labute approximate surface area is 207 Å². The third-order valence-corrected chi connectivity index (χ3v) is 6.07. The van der Waals surface area contributed by atoms with Crippen LogP contribution in [0.3, 0.4) is 0 Å². The number of benzene rings is 2. The van der Waals surface area contributed by atoms with Gasteiger partial charge in [-0.05, 0) is 66.8 Å². The summed E-state index contributed by atoms with van der Waals surface area (Å²) in [5.41, 5.74) is 2.66. The minimum atomic E-state index is -0.468. The third kappa shape index (κ3) is 6.32. The molecule has 3 rings (SSSR count). The van der Waals surface area contributed by atoms with Crippen LogP contribution in [0.1, 0.15) is 46.3 Å². The van der Waals surface area contributed by atoms with E-state index in [0.717, 1.165) is 36.9 Å². The van der Waals surface area contributed by atoms with Gasteiger partial charge >= 0.3 is 0 Å². The number of allylic oxidation sites excluding steroid dienone is 1. The lowest BCUT2D eigenvalue weighted by atomic mass is 10.0. The van der Waals surface area contributed by atoms with Crippen molar-refractivity contribution in [3.63, 3.8) is 0 Å². The molecule has 0 saturated carbocycles. The molecule has 2 N–H and O–H groups in total. The molecule has 6 heteroatoms. The molecule has 1 amide bonds.